The summed E-state index contributed by atoms with van der Waals surface area (Å²) in [5, 5.41) is 0. The Balaban J connectivity index is 1.70. The first-order valence-corrected chi connectivity index (χ1v) is 10.1. The Kier molecular flexibility index (Phi) is 5.35. The number of esters is 1. The van der Waals surface area contributed by atoms with Crippen LogP contribution in [0.5, 0.6) is 11.5 Å². The van der Waals surface area contributed by atoms with Crippen molar-refractivity contribution in [3.8, 4) is 11.5 Å². The van der Waals surface area contributed by atoms with Crippen LogP contribution in [0.4, 0.5) is 0 Å². The summed E-state index contributed by atoms with van der Waals surface area (Å²) < 4.78 is 19.3. The van der Waals surface area contributed by atoms with Crippen molar-refractivity contribution >= 4 is 33.4 Å². The second kappa shape index (κ2) is 8.08. The standard InChI is InChI=1S/C21H20N2O5S/c1-3-26-18(24)12-23-14-8-4-7-11-17(14)29-21(23)22-20(25)19-13(2)27-15-9-5-6-10-16(15)28-19/h4-11,13,19H,3,12H2,1-2H3. The van der Waals surface area contributed by atoms with Crippen LogP contribution in [0.2, 0.25) is 0 Å². The number of para-hydroxylation sites is 3. The number of carbonyl (C=O) groups excluding carboxylic acids is 2. The fraction of sp³-hybridized carbons (Fsp3) is 0.286. The van der Waals surface area contributed by atoms with Crippen LogP contribution in [0.1, 0.15) is 13.8 Å². The molecule has 1 aliphatic heterocycles. The molecule has 0 bridgehead atoms. The predicted molar refractivity (Wildman–Crippen MR) is 108 cm³/mol. The number of hydrogen-bond donors (Lipinski definition) is 0. The minimum atomic E-state index is -0.869. The minimum Gasteiger partial charge on any atom is -0.482 e. The number of aromatic nitrogens is 1. The molecule has 0 N–H and O–H groups in total. The molecule has 29 heavy (non-hydrogen) atoms. The van der Waals surface area contributed by atoms with Crippen LogP contribution in [0.25, 0.3) is 10.2 Å². The first-order valence-electron chi connectivity index (χ1n) is 9.31. The highest BCUT2D eigenvalue weighted by molar-refractivity contribution is 7.16. The van der Waals surface area contributed by atoms with E-state index in [2.05, 4.69) is 4.99 Å². The number of carbonyl (C=O) groups is 2. The average Bonchev–Trinajstić information content (AvgIpc) is 3.04. The zero-order chi connectivity index (χ0) is 20.4. The summed E-state index contributed by atoms with van der Waals surface area (Å²) in [5.74, 6) is 0.263. The van der Waals surface area contributed by atoms with Gasteiger partial charge in [0.1, 0.15) is 12.6 Å². The first-order chi connectivity index (χ1) is 14.1. The number of hydrogen-bond acceptors (Lipinski definition) is 6. The Bertz CT molecular complexity index is 1130. The molecule has 2 unspecified atom stereocenters. The van der Waals surface area contributed by atoms with Crippen LogP contribution in [-0.2, 0) is 20.9 Å². The van der Waals surface area contributed by atoms with E-state index in [9.17, 15) is 9.59 Å². The maximum absolute atomic E-state index is 12.9. The largest absolute Gasteiger partial charge is 0.482 e. The quantitative estimate of drug-likeness (QED) is 0.616. The number of rotatable bonds is 4. The summed E-state index contributed by atoms with van der Waals surface area (Å²) in [4.78, 5) is 29.7. The third-order valence-corrected chi connectivity index (χ3v) is 5.53. The van der Waals surface area contributed by atoms with Gasteiger partial charge in [0, 0.05) is 0 Å². The van der Waals surface area contributed by atoms with Gasteiger partial charge in [-0.3, -0.25) is 9.59 Å². The van der Waals surface area contributed by atoms with Crippen molar-refractivity contribution < 1.29 is 23.8 Å². The minimum absolute atomic E-state index is 0.0234. The average molecular weight is 412 g/mol. The van der Waals surface area contributed by atoms with Crippen LogP contribution in [0, 0.1) is 0 Å². The zero-order valence-corrected chi connectivity index (χ0v) is 16.8. The molecule has 3 aromatic rings. The Hall–Kier alpha value is -3.13. The van der Waals surface area contributed by atoms with Gasteiger partial charge in [0.2, 0.25) is 6.10 Å². The third-order valence-electron chi connectivity index (χ3n) is 4.47. The zero-order valence-electron chi connectivity index (χ0n) is 16.0. The Morgan fingerprint density at radius 3 is 2.55 bits per heavy atom. The lowest BCUT2D eigenvalue weighted by molar-refractivity contribution is -0.143. The van der Waals surface area contributed by atoms with Gasteiger partial charge < -0.3 is 18.8 Å². The molecular formula is C21H20N2O5S. The highest BCUT2D eigenvalue weighted by atomic mass is 32.1. The molecule has 0 fully saturated rings. The van der Waals surface area contributed by atoms with Crippen molar-refractivity contribution in [3.63, 3.8) is 0 Å². The predicted octanol–water partition coefficient (Wildman–Crippen LogP) is 2.92. The van der Waals surface area contributed by atoms with E-state index in [0.717, 1.165) is 10.2 Å². The van der Waals surface area contributed by atoms with E-state index < -0.39 is 18.1 Å². The summed E-state index contributed by atoms with van der Waals surface area (Å²) in [7, 11) is 0. The van der Waals surface area contributed by atoms with Crippen LogP contribution in [-0.4, -0.2) is 35.3 Å². The molecule has 0 spiro atoms. The second-order valence-electron chi connectivity index (χ2n) is 6.50. The number of fused-ring (bicyclic) bond motifs is 2. The Morgan fingerprint density at radius 2 is 1.79 bits per heavy atom. The summed E-state index contributed by atoms with van der Waals surface area (Å²) in [6.45, 7) is 3.79. The molecule has 0 aliphatic carbocycles. The van der Waals surface area contributed by atoms with E-state index in [1.54, 1.807) is 30.5 Å². The molecular weight excluding hydrogens is 392 g/mol. The van der Waals surface area contributed by atoms with E-state index in [4.69, 9.17) is 14.2 Å². The number of ether oxygens (including phenoxy) is 3. The Labute approximate surface area is 171 Å². The molecule has 8 heteroatoms. The van der Waals surface area contributed by atoms with E-state index in [1.165, 1.54) is 11.3 Å². The lowest BCUT2D eigenvalue weighted by Crippen LogP contribution is -2.43. The highest BCUT2D eigenvalue weighted by Gasteiger charge is 2.34. The lowest BCUT2D eigenvalue weighted by atomic mass is 10.1. The first kappa shape index (κ1) is 19.2. The van der Waals surface area contributed by atoms with Crippen LogP contribution in [0.3, 0.4) is 0 Å². The van der Waals surface area contributed by atoms with Gasteiger partial charge in [0.05, 0.1) is 16.8 Å². The van der Waals surface area contributed by atoms with Crippen LogP contribution in [0.15, 0.2) is 53.5 Å². The number of nitrogens with zero attached hydrogens (tertiary/aromatic N) is 2. The molecule has 1 aromatic heterocycles. The monoisotopic (exact) mass is 412 g/mol. The van der Waals surface area contributed by atoms with Gasteiger partial charge in [-0.2, -0.15) is 4.99 Å². The summed E-state index contributed by atoms with van der Waals surface area (Å²) in [6, 6.07) is 14.8. The second-order valence-corrected chi connectivity index (χ2v) is 7.51. The van der Waals surface area contributed by atoms with Gasteiger partial charge in [-0.25, -0.2) is 0 Å². The van der Waals surface area contributed by atoms with E-state index in [-0.39, 0.29) is 19.1 Å². The van der Waals surface area contributed by atoms with Crippen LogP contribution >= 0.6 is 11.3 Å². The molecule has 2 heterocycles. The van der Waals surface area contributed by atoms with Crippen molar-refractivity contribution in [2.45, 2.75) is 32.6 Å². The SMILES string of the molecule is CCOC(=O)Cn1c(=NC(=O)C2Oc3ccccc3OC2C)sc2ccccc21. The molecule has 7 nitrogen and oxygen atoms in total. The summed E-state index contributed by atoms with van der Waals surface area (Å²) >= 11 is 1.33. The fourth-order valence-electron chi connectivity index (χ4n) is 3.14. The molecule has 0 radical (unpaired) electrons. The summed E-state index contributed by atoms with van der Waals surface area (Å²) in [5.41, 5.74) is 0.816. The number of benzene rings is 2. The summed E-state index contributed by atoms with van der Waals surface area (Å²) in [6.07, 6.45) is -1.36. The molecule has 0 saturated carbocycles. The number of thiazole rings is 1. The van der Waals surface area contributed by atoms with Crippen LogP contribution < -0.4 is 14.3 Å². The molecule has 0 saturated heterocycles. The topological polar surface area (TPSA) is 79.1 Å². The lowest BCUT2D eigenvalue weighted by Gasteiger charge is -2.29. The van der Waals surface area contributed by atoms with Gasteiger partial charge in [-0.15, -0.1) is 0 Å². The van der Waals surface area contributed by atoms with Crippen molar-refractivity contribution in [2.75, 3.05) is 6.61 Å². The third kappa shape index (κ3) is 3.88. The van der Waals surface area contributed by atoms with Crippen molar-refractivity contribution in [2.24, 2.45) is 4.99 Å². The van der Waals surface area contributed by atoms with Crippen molar-refractivity contribution in [1.29, 1.82) is 0 Å². The molecule has 150 valence electrons. The highest BCUT2D eigenvalue weighted by Crippen LogP contribution is 2.33. The molecule has 2 aromatic carbocycles. The van der Waals surface area contributed by atoms with Gasteiger partial charge in [-0.1, -0.05) is 35.6 Å². The van der Waals surface area contributed by atoms with Gasteiger partial charge in [0.25, 0.3) is 5.91 Å². The van der Waals surface area contributed by atoms with E-state index in [0.29, 0.717) is 16.3 Å². The molecule has 2 atom stereocenters. The number of amides is 1. The van der Waals surface area contributed by atoms with Crippen molar-refractivity contribution in [1.82, 2.24) is 4.57 Å². The molecule has 1 amide bonds. The van der Waals surface area contributed by atoms with Gasteiger partial charge in [-0.05, 0) is 38.1 Å². The van der Waals surface area contributed by atoms with Gasteiger partial charge >= 0.3 is 5.97 Å². The fourth-order valence-corrected chi connectivity index (χ4v) is 4.18. The smallest absolute Gasteiger partial charge is 0.326 e. The maximum atomic E-state index is 12.9. The van der Waals surface area contributed by atoms with Crippen molar-refractivity contribution in [3.05, 3.63) is 53.3 Å². The van der Waals surface area contributed by atoms with E-state index in [1.807, 2.05) is 36.4 Å². The van der Waals surface area contributed by atoms with E-state index >= 15 is 0 Å². The normalized spacial score (nSPS) is 18.6. The maximum Gasteiger partial charge on any atom is 0.326 e. The molecule has 4 rings (SSSR count). The molecule has 1 aliphatic rings. The Morgan fingerprint density at radius 1 is 1.10 bits per heavy atom. The van der Waals surface area contributed by atoms with Gasteiger partial charge in [0.15, 0.2) is 16.3 Å².